The average molecular weight is 406 g/mol. The van der Waals surface area contributed by atoms with Crippen molar-refractivity contribution >= 4 is 28.7 Å². The second kappa shape index (κ2) is 10.3. The molecule has 0 unspecified atom stereocenters. The lowest BCUT2D eigenvalue weighted by atomic mass is 10.1. The zero-order valence-electron chi connectivity index (χ0n) is 17.2. The number of aryl methyl sites for hydroxylation is 1. The number of nitrogen functional groups attached to an aromatic ring is 1. The number of nitrogens with two attached hydrogens (primary N) is 1. The second-order valence-corrected chi connectivity index (χ2v) is 7.16. The third-order valence-electron chi connectivity index (χ3n) is 5.01. The molecule has 3 rings (SSSR count). The van der Waals surface area contributed by atoms with Crippen LogP contribution in [0.2, 0.25) is 0 Å². The van der Waals surface area contributed by atoms with Crippen LogP contribution in [0.3, 0.4) is 0 Å². The molecule has 0 saturated carbocycles. The number of carbonyl (C=O) groups excluding carboxylic acids is 1. The number of rotatable bonds is 9. The van der Waals surface area contributed by atoms with E-state index >= 15 is 0 Å². The van der Waals surface area contributed by atoms with Crippen LogP contribution in [-0.4, -0.2) is 21.7 Å². The number of para-hydroxylation sites is 1. The van der Waals surface area contributed by atoms with Crippen molar-refractivity contribution in [2.45, 2.75) is 45.6 Å². The summed E-state index contributed by atoms with van der Waals surface area (Å²) in [7, 11) is 0. The summed E-state index contributed by atoms with van der Waals surface area (Å²) in [6.07, 6.45) is 10.1. The third-order valence-corrected chi connectivity index (χ3v) is 5.01. The number of hydrogen-bond acceptors (Lipinski definition) is 5. The first kappa shape index (κ1) is 21.2. The van der Waals surface area contributed by atoms with Gasteiger partial charge in [0.15, 0.2) is 0 Å². The van der Waals surface area contributed by atoms with Crippen molar-refractivity contribution in [3.8, 4) is 0 Å². The lowest BCUT2D eigenvalue weighted by Crippen LogP contribution is -2.33. The number of carbonyl (C=O) groups is 1. The molecule has 0 aliphatic heterocycles. The molecule has 2 aromatic heterocycles. The molecule has 30 heavy (non-hydrogen) atoms. The van der Waals surface area contributed by atoms with Crippen LogP contribution in [0.25, 0.3) is 10.9 Å². The summed E-state index contributed by atoms with van der Waals surface area (Å²) in [4.78, 5) is 29.8. The molecule has 1 aromatic carbocycles. The first-order valence-corrected chi connectivity index (χ1v) is 10.3. The summed E-state index contributed by atoms with van der Waals surface area (Å²) in [5.74, 6) is -0.617. The maximum Gasteiger partial charge on any atom is 0.279 e. The normalized spacial score (nSPS) is 11.2. The van der Waals surface area contributed by atoms with Crippen molar-refractivity contribution in [2.75, 3.05) is 5.73 Å². The molecule has 3 aromatic rings. The van der Waals surface area contributed by atoms with Crippen LogP contribution in [0, 0.1) is 0 Å². The number of pyridine rings is 2. The van der Waals surface area contributed by atoms with Gasteiger partial charge in [-0.1, -0.05) is 50.8 Å². The minimum atomic E-state index is -0.617. The predicted molar refractivity (Wildman–Crippen MR) is 121 cm³/mol. The topological polar surface area (TPSA) is 102 Å². The smallest absolute Gasteiger partial charge is 0.279 e. The van der Waals surface area contributed by atoms with Gasteiger partial charge in [-0.2, -0.15) is 5.10 Å². The minimum absolute atomic E-state index is 0.0749. The van der Waals surface area contributed by atoms with Crippen molar-refractivity contribution < 1.29 is 4.79 Å². The van der Waals surface area contributed by atoms with E-state index in [1.54, 1.807) is 29.1 Å². The van der Waals surface area contributed by atoms with Gasteiger partial charge >= 0.3 is 0 Å². The number of fused-ring (bicyclic) bond motifs is 1. The average Bonchev–Trinajstić information content (AvgIpc) is 2.76. The summed E-state index contributed by atoms with van der Waals surface area (Å²) >= 11 is 0. The fraction of sp³-hybridized carbons (Fsp3) is 0.304. The van der Waals surface area contributed by atoms with Gasteiger partial charge in [0, 0.05) is 24.3 Å². The molecular weight excluding hydrogens is 378 g/mol. The molecule has 7 heteroatoms. The van der Waals surface area contributed by atoms with Crippen LogP contribution in [0.5, 0.6) is 0 Å². The maximum atomic E-state index is 13.2. The van der Waals surface area contributed by atoms with E-state index in [9.17, 15) is 9.59 Å². The van der Waals surface area contributed by atoms with Gasteiger partial charge in [-0.3, -0.25) is 14.6 Å². The van der Waals surface area contributed by atoms with E-state index < -0.39 is 11.5 Å². The molecule has 0 saturated heterocycles. The van der Waals surface area contributed by atoms with E-state index in [2.05, 4.69) is 22.4 Å². The first-order valence-electron chi connectivity index (χ1n) is 10.3. The lowest BCUT2D eigenvalue weighted by Gasteiger charge is -2.15. The van der Waals surface area contributed by atoms with Gasteiger partial charge in [0.25, 0.3) is 11.5 Å². The van der Waals surface area contributed by atoms with Crippen LogP contribution in [0.15, 0.2) is 58.7 Å². The van der Waals surface area contributed by atoms with Crippen LogP contribution in [0.1, 0.15) is 54.9 Å². The van der Waals surface area contributed by atoms with Crippen LogP contribution in [-0.2, 0) is 6.54 Å². The van der Waals surface area contributed by atoms with Gasteiger partial charge in [-0.05, 0) is 30.2 Å². The van der Waals surface area contributed by atoms with E-state index in [-0.39, 0.29) is 11.3 Å². The standard InChI is InChI=1S/C23H27N5O2/c1-2-3-4-5-8-15-28-19-10-7-6-9-18(19)21(24)20(23(28)30)22(29)27-26-16-17-11-13-25-14-12-17/h6-7,9-14,16H,2-5,8,15,24H2,1H3,(H,27,29)/b26-16+. The molecule has 0 atom stereocenters. The Morgan fingerprint density at radius 2 is 1.87 bits per heavy atom. The van der Waals surface area contributed by atoms with Crippen molar-refractivity contribution in [3.05, 3.63) is 70.3 Å². The Kier molecular flexibility index (Phi) is 7.32. The molecule has 0 radical (unpaired) electrons. The highest BCUT2D eigenvalue weighted by atomic mass is 16.2. The van der Waals surface area contributed by atoms with E-state index in [1.165, 1.54) is 12.6 Å². The molecule has 1 amide bonds. The summed E-state index contributed by atoms with van der Waals surface area (Å²) in [6, 6.07) is 10.9. The fourth-order valence-corrected chi connectivity index (χ4v) is 3.42. The Morgan fingerprint density at radius 1 is 1.13 bits per heavy atom. The molecule has 0 fully saturated rings. The Hall–Kier alpha value is -3.48. The number of anilines is 1. The summed E-state index contributed by atoms with van der Waals surface area (Å²) in [5, 5.41) is 4.64. The third kappa shape index (κ3) is 4.92. The molecule has 0 bridgehead atoms. The number of hydrazone groups is 1. The van der Waals surface area contributed by atoms with Gasteiger partial charge in [0.05, 0.1) is 17.4 Å². The SMILES string of the molecule is CCCCCCCn1c(=O)c(C(=O)N/N=C/c2ccncc2)c(N)c2ccccc21. The van der Waals surface area contributed by atoms with E-state index in [4.69, 9.17) is 5.73 Å². The molecule has 2 heterocycles. The Morgan fingerprint density at radius 3 is 2.63 bits per heavy atom. The quantitative estimate of drug-likeness (QED) is 0.322. The Balaban J connectivity index is 1.88. The number of unbranched alkanes of at least 4 members (excludes halogenated alkanes) is 4. The Bertz CT molecular complexity index is 1090. The number of hydrogen-bond donors (Lipinski definition) is 2. The number of nitrogens with one attached hydrogen (secondary N) is 1. The van der Waals surface area contributed by atoms with Gasteiger partial charge < -0.3 is 10.3 Å². The van der Waals surface area contributed by atoms with E-state index in [1.807, 2.05) is 24.3 Å². The molecule has 0 aliphatic rings. The summed E-state index contributed by atoms with van der Waals surface area (Å²) < 4.78 is 1.65. The Labute approximate surface area is 175 Å². The molecule has 7 nitrogen and oxygen atoms in total. The number of amides is 1. The number of nitrogens with zero attached hydrogens (tertiary/aromatic N) is 3. The molecule has 156 valence electrons. The molecular formula is C23H27N5O2. The second-order valence-electron chi connectivity index (χ2n) is 7.16. The van der Waals surface area contributed by atoms with E-state index in [0.717, 1.165) is 36.8 Å². The number of aromatic nitrogens is 2. The van der Waals surface area contributed by atoms with Crippen molar-refractivity contribution in [2.24, 2.45) is 5.10 Å². The van der Waals surface area contributed by atoms with Gasteiger partial charge in [-0.15, -0.1) is 0 Å². The van der Waals surface area contributed by atoms with Gasteiger partial charge in [-0.25, -0.2) is 5.43 Å². The van der Waals surface area contributed by atoms with Crippen LogP contribution < -0.4 is 16.7 Å². The van der Waals surface area contributed by atoms with Crippen LogP contribution >= 0.6 is 0 Å². The summed E-state index contributed by atoms with van der Waals surface area (Å²) in [5.41, 5.74) is 9.89. The highest BCUT2D eigenvalue weighted by molar-refractivity contribution is 6.06. The minimum Gasteiger partial charge on any atom is -0.397 e. The highest BCUT2D eigenvalue weighted by Gasteiger charge is 2.20. The van der Waals surface area contributed by atoms with Crippen molar-refractivity contribution in [1.29, 1.82) is 0 Å². The van der Waals surface area contributed by atoms with Crippen LogP contribution in [0.4, 0.5) is 5.69 Å². The van der Waals surface area contributed by atoms with Crippen molar-refractivity contribution in [1.82, 2.24) is 15.0 Å². The fourth-order valence-electron chi connectivity index (χ4n) is 3.42. The van der Waals surface area contributed by atoms with E-state index in [0.29, 0.717) is 11.9 Å². The maximum absolute atomic E-state index is 13.2. The predicted octanol–water partition coefficient (Wildman–Crippen LogP) is 3.71. The van der Waals surface area contributed by atoms with Crippen molar-refractivity contribution in [3.63, 3.8) is 0 Å². The lowest BCUT2D eigenvalue weighted by molar-refractivity contribution is 0.0954. The zero-order chi connectivity index (χ0) is 21.3. The molecule has 0 aliphatic carbocycles. The molecule has 0 spiro atoms. The van der Waals surface area contributed by atoms with Gasteiger partial charge in [0.2, 0.25) is 0 Å². The highest BCUT2D eigenvalue weighted by Crippen LogP contribution is 2.23. The zero-order valence-corrected chi connectivity index (χ0v) is 17.2. The van der Waals surface area contributed by atoms with Gasteiger partial charge in [0.1, 0.15) is 5.56 Å². The number of benzene rings is 1. The summed E-state index contributed by atoms with van der Waals surface area (Å²) in [6.45, 7) is 2.71. The first-order chi connectivity index (χ1) is 14.6. The largest absolute Gasteiger partial charge is 0.397 e. The molecule has 3 N–H and O–H groups in total. The monoisotopic (exact) mass is 405 g/mol.